The molecule has 1 rings (SSSR count). The molecule has 0 aliphatic carbocycles. The number of hydrogen-bond donors (Lipinski definition) is 2. The van der Waals surface area contributed by atoms with Crippen molar-refractivity contribution in [3.63, 3.8) is 0 Å². The zero-order valence-electron chi connectivity index (χ0n) is 10.8. The first-order valence-electron chi connectivity index (χ1n) is 5.92. The van der Waals surface area contributed by atoms with Crippen LogP contribution in [-0.4, -0.2) is 36.9 Å². The molecular formula is C13H19N3O2. The van der Waals surface area contributed by atoms with Gasteiger partial charge in [0.1, 0.15) is 0 Å². The van der Waals surface area contributed by atoms with Crippen molar-refractivity contribution in [1.29, 1.82) is 0 Å². The molecule has 0 radical (unpaired) electrons. The van der Waals surface area contributed by atoms with Gasteiger partial charge in [0.05, 0.1) is 6.54 Å². The Morgan fingerprint density at radius 1 is 1.28 bits per heavy atom. The number of rotatable bonds is 5. The zero-order valence-corrected chi connectivity index (χ0v) is 10.8. The Bertz CT molecular complexity index is 415. The molecule has 1 aromatic carbocycles. The number of nitrogens with zero attached hydrogens (tertiary/aromatic N) is 1. The molecule has 18 heavy (non-hydrogen) atoms. The summed E-state index contributed by atoms with van der Waals surface area (Å²) in [5.41, 5.74) is 6.63. The standard InChI is InChI=1S/C13H19N3O2/c1-3-8-16(2)12(17)9-15-13(18)10-4-6-11(14)7-5-10/h4-7H,3,8-9,14H2,1-2H3,(H,15,18). The lowest BCUT2D eigenvalue weighted by atomic mass is 10.2. The van der Waals surface area contributed by atoms with Crippen LogP contribution in [0.25, 0.3) is 0 Å². The van der Waals surface area contributed by atoms with E-state index in [4.69, 9.17) is 5.73 Å². The van der Waals surface area contributed by atoms with Crippen LogP contribution in [0, 0.1) is 0 Å². The number of hydrogen-bond acceptors (Lipinski definition) is 3. The highest BCUT2D eigenvalue weighted by molar-refractivity contribution is 5.96. The van der Waals surface area contributed by atoms with Gasteiger partial charge in [-0.25, -0.2) is 0 Å². The Hall–Kier alpha value is -2.04. The lowest BCUT2D eigenvalue weighted by Crippen LogP contribution is -2.38. The van der Waals surface area contributed by atoms with E-state index < -0.39 is 0 Å². The van der Waals surface area contributed by atoms with Gasteiger partial charge in [-0.05, 0) is 30.7 Å². The first-order valence-corrected chi connectivity index (χ1v) is 5.92. The predicted molar refractivity (Wildman–Crippen MR) is 71.1 cm³/mol. The van der Waals surface area contributed by atoms with Gasteiger partial charge in [-0.2, -0.15) is 0 Å². The third-order valence-corrected chi connectivity index (χ3v) is 2.56. The van der Waals surface area contributed by atoms with Crippen LogP contribution in [0.1, 0.15) is 23.7 Å². The fourth-order valence-corrected chi connectivity index (χ4v) is 1.49. The molecule has 3 N–H and O–H groups in total. The third-order valence-electron chi connectivity index (χ3n) is 2.56. The van der Waals surface area contributed by atoms with Crippen LogP contribution in [0.15, 0.2) is 24.3 Å². The van der Waals surface area contributed by atoms with Crippen LogP contribution < -0.4 is 11.1 Å². The smallest absolute Gasteiger partial charge is 0.251 e. The number of carbonyl (C=O) groups excluding carboxylic acids is 2. The van der Waals surface area contributed by atoms with E-state index in [2.05, 4.69) is 5.32 Å². The highest BCUT2D eigenvalue weighted by Gasteiger charge is 2.10. The van der Waals surface area contributed by atoms with Crippen molar-refractivity contribution >= 4 is 17.5 Å². The van der Waals surface area contributed by atoms with Crippen LogP contribution in [0.2, 0.25) is 0 Å². The van der Waals surface area contributed by atoms with Gasteiger partial charge in [0.25, 0.3) is 5.91 Å². The molecule has 98 valence electrons. The lowest BCUT2D eigenvalue weighted by molar-refractivity contribution is -0.128. The highest BCUT2D eigenvalue weighted by Crippen LogP contribution is 2.04. The normalized spacial score (nSPS) is 9.89. The van der Waals surface area contributed by atoms with Crippen LogP contribution in [0.5, 0.6) is 0 Å². The van der Waals surface area contributed by atoms with E-state index in [0.717, 1.165) is 6.42 Å². The molecule has 0 atom stereocenters. The minimum absolute atomic E-state index is 0.0136. The molecule has 0 aromatic heterocycles. The molecule has 0 saturated carbocycles. The first-order chi connectivity index (χ1) is 8.54. The van der Waals surface area contributed by atoms with E-state index in [-0.39, 0.29) is 18.4 Å². The summed E-state index contributed by atoms with van der Waals surface area (Å²) in [7, 11) is 1.72. The molecular weight excluding hydrogens is 230 g/mol. The van der Waals surface area contributed by atoms with Gasteiger partial charge >= 0.3 is 0 Å². The predicted octanol–water partition coefficient (Wildman–Crippen LogP) is 0.867. The molecule has 2 amide bonds. The monoisotopic (exact) mass is 249 g/mol. The maximum atomic E-state index is 11.7. The van der Waals surface area contributed by atoms with E-state index in [1.54, 1.807) is 36.2 Å². The topological polar surface area (TPSA) is 75.4 Å². The molecule has 0 unspecified atom stereocenters. The maximum absolute atomic E-state index is 11.7. The number of nitrogens with two attached hydrogens (primary N) is 1. The van der Waals surface area contributed by atoms with Crippen molar-refractivity contribution in [2.24, 2.45) is 0 Å². The second-order valence-electron chi connectivity index (χ2n) is 4.12. The van der Waals surface area contributed by atoms with Gasteiger partial charge in [-0.15, -0.1) is 0 Å². The Morgan fingerprint density at radius 2 is 1.89 bits per heavy atom. The average Bonchev–Trinajstić information content (AvgIpc) is 2.36. The quantitative estimate of drug-likeness (QED) is 0.760. The summed E-state index contributed by atoms with van der Waals surface area (Å²) in [6, 6.07) is 6.57. The second-order valence-corrected chi connectivity index (χ2v) is 4.12. The highest BCUT2D eigenvalue weighted by atomic mass is 16.2. The van der Waals surface area contributed by atoms with E-state index >= 15 is 0 Å². The van der Waals surface area contributed by atoms with Crippen molar-refractivity contribution in [1.82, 2.24) is 10.2 Å². The van der Waals surface area contributed by atoms with E-state index in [1.165, 1.54) is 0 Å². The van der Waals surface area contributed by atoms with E-state index in [9.17, 15) is 9.59 Å². The fraction of sp³-hybridized carbons (Fsp3) is 0.385. The summed E-state index contributed by atoms with van der Waals surface area (Å²) in [6.07, 6.45) is 0.897. The number of carbonyl (C=O) groups is 2. The summed E-state index contributed by atoms with van der Waals surface area (Å²) < 4.78 is 0. The maximum Gasteiger partial charge on any atom is 0.251 e. The van der Waals surface area contributed by atoms with Crippen LogP contribution in [-0.2, 0) is 4.79 Å². The van der Waals surface area contributed by atoms with Crippen molar-refractivity contribution in [3.8, 4) is 0 Å². The molecule has 0 aliphatic heterocycles. The summed E-state index contributed by atoms with van der Waals surface area (Å²) >= 11 is 0. The largest absolute Gasteiger partial charge is 0.399 e. The molecule has 1 aromatic rings. The molecule has 0 heterocycles. The van der Waals surface area contributed by atoms with Gasteiger partial charge in [0.15, 0.2) is 0 Å². The lowest BCUT2D eigenvalue weighted by Gasteiger charge is -2.16. The Morgan fingerprint density at radius 3 is 2.44 bits per heavy atom. The Labute approximate surface area is 107 Å². The zero-order chi connectivity index (χ0) is 13.5. The number of amides is 2. The van der Waals surface area contributed by atoms with Crippen molar-refractivity contribution in [2.45, 2.75) is 13.3 Å². The summed E-state index contributed by atoms with van der Waals surface area (Å²) in [5, 5.41) is 2.59. The second kappa shape index (κ2) is 6.64. The molecule has 5 nitrogen and oxygen atoms in total. The summed E-state index contributed by atoms with van der Waals surface area (Å²) in [5.74, 6) is -0.367. The number of nitrogen functional groups attached to an aromatic ring is 1. The van der Waals surface area contributed by atoms with E-state index in [1.807, 2.05) is 6.92 Å². The number of likely N-dealkylation sites (N-methyl/N-ethyl adjacent to an activating group) is 1. The molecule has 0 fully saturated rings. The van der Waals surface area contributed by atoms with Crippen molar-refractivity contribution < 1.29 is 9.59 Å². The first kappa shape index (κ1) is 14.0. The molecule has 5 heteroatoms. The van der Waals surface area contributed by atoms with E-state index in [0.29, 0.717) is 17.8 Å². The van der Waals surface area contributed by atoms with Crippen LogP contribution >= 0.6 is 0 Å². The molecule has 0 saturated heterocycles. The Kier molecular flexibility index (Phi) is 5.17. The van der Waals surface area contributed by atoms with Crippen LogP contribution in [0.4, 0.5) is 5.69 Å². The van der Waals surface area contributed by atoms with Crippen molar-refractivity contribution in [3.05, 3.63) is 29.8 Å². The van der Waals surface area contributed by atoms with Gasteiger partial charge in [-0.3, -0.25) is 9.59 Å². The number of benzene rings is 1. The van der Waals surface area contributed by atoms with Gasteiger partial charge in [-0.1, -0.05) is 6.92 Å². The van der Waals surface area contributed by atoms with Crippen LogP contribution in [0.3, 0.4) is 0 Å². The van der Waals surface area contributed by atoms with Gasteiger partial charge in [0.2, 0.25) is 5.91 Å². The molecule has 0 aliphatic rings. The van der Waals surface area contributed by atoms with Gasteiger partial charge in [0, 0.05) is 24.8 Å². The third kappa shape index (κ3) is 4.08. The summed E-state index contributed by atoms with van der Waals surface area (Å²) in [6.45, 7) is 2.70. The van der Waals surface area contributed by atoms with Gasteiger partial charge < -0.3 is 16.0 Å². The average molecular weight is 249 g/mol. The molecule has 0 bridgehead atoms. The van der Waals surface area contributed by atoms with Crippen molar-refractivity contribution in [2.75, 3.05) is 25.9 Å². The fourth-order valence-electron chi connectivity index (χ4n) is 1.49. The molecule has 0 spiro atoms. The summed E-state index contributed by atoms with van der Waals surface area (Å²) in [4.78, 5) is 24.9. The number of nitrogens with one attached hydrogen (secondary N) is 1. The minimum atomic E-state index is -0.270. The minimum Gasteiger partial charge on any atom is -0.399 e. The SMILES string of the molecule is CCCN(C)C(=O)CNC(=O)c1ccc(N)cc1. The Balaban J connectivity index is 2.46. The number of anilines is 1.